The standard InChI is InChI=1S/C13H15NO4/c1-3-16-11-4-5-13-12(6-11)10(7-17-13)8-18-14-9(2)15/h4-7H,3,8H2,1-2H3,(H,14,15). The zero-order valence-corrected chi connectivity index (χ0v) is 10.4. The first-order valence-corrected chi connectivity index (χ1v) is 5.72. The molecule has 2 aromatic rings. The fourth-order valence-electron chi connectivity index (χ4n) is 1.64. The lowest BCUT2D eigenvalue weighted by atomic mass is 10.2. The van der Waals surface area contributed by atoms with Crippen molar-refractivity contribution in [1.29, 1.82) is 0 Å². The zero-order valence-electron chi connectivity index (χ0n) is 10.4. The second kappa shape index (κ2) is 5.55. The topological polar surface area (TPSA) is 60.7 Å². The highest BCUT2D eigenvalue weighted by Crippen LogP contribution is 2.26. The minimum atomic E-state index is -0.238. The van der Waals surface area contributed by atoms with Crippen LogP contribution in [0.3, 0.4) is 0 Å². The first kappa shape index (κ1) is 12.4. The number of ether oxygens (including phenoxy) is 1. The molecule has 0 spiro atoms. The average Bonchev–Trinajstić information content (AvgIpc) is 2.72. The van der Waals surface area contributed by atoms with E-state index in [1.54, 1.807) is 6.26 Å². The molecule has 0 unspecified atom stereocenters. The van der Waals surface area contributed by atoms with Crippen LogP contribution in [0.15, 0.2) is 28.9 Å². The minimum Gasteiger partial charge on any atom is -0.494 e. The quantitative estimate of drug-likeness (QED) is 0.826. The molecule has 96 valence electrons. The molecule has 0 bridgehead atoms. The predicted molar refractivity (Wildman–Crippen MR) is 66.0 cm³/mol. The Morgan fingerprint density at radius 3 is 3.00 bits per heavy atom. The Morgan fingerprint density at radius 2 is 2.28 bits per heavy atom. The van der Waals surface area contributed by atoms with Gasteiger partial charge in [-0.15, -0.1) is 0 Å². The van der Waals surface area contributed by atoms with Crippen molar-refractivity contribution in [2.75, 3.05) is 6.61 Å². The number of furan rings is 1. The van der Waals surface area contributed by atoms with Crippen LogP contribution in [0.4, 0.5) is 0 Å². The van der Waals surface area contributed by atoms with E-state index in [9.17, 15) is 4.79 Å². The van der Waals surface area contributed by atoms with Gasteiger partial charge in [-0.1, -0.05) is 0 Å². The third-order valence-corrected chi connectivity index (χ3v) is 2.38. The summed E-state index contributed by atoms with van der Waals surface area (Å²) in [6, 6.07) is 5.60. The maximum atomic E-state index is 10.7. The molecule has 5 nitrogen and oxygen atoms in total. The Balaban J connectivity index is 2.16. The molecule has 0 fully saturated rings. The van der Waals surface area contributed by atoms with E-state index in [1.165, 1.54) is 6.92 Å². The summed E-state index contributed by atoms with van der Waals surface area (Å²) >= 11 is 0. The zero-order chi connectivity index (χ0) is 13.0. The predicted octanol–water partition coefficient (Wildman–Crippen LogP) is 2.40. The summed E-state index contributed by atoms with van der Waals surface area (Å²) < 4.78 is 10.8. The van der Waals surface area contributed by atoms with Crippen molar-refractivity contribution in [3.8, 4) is 5.75 Å². The van der Waals surface area contributed by atoms with E-state index in [0.717, 1.165) is 22.3 Å². The van der Waals surface area contributed by atoms with Gasteiger partial charge in [0.2, 0.25) is 5.91 Å². The van der Waals surface area contributed by atoms with Gasteiger partial charge < -0.3 is 9.15 Å². The lowest BCUT2D eigenvalue weighted by Crippen LogP contribution is -2.19. The van der Waals surface area contributed by atoms with Crippen LogP contribution in [0, 0.1) is 0 Å². The molecule has 0 aliphatic carbocycles. The Kier molecular flexibility index (Phi) is 3.84. The fourth-order valence-corrected chi connectivity index (χ4v) is 1.64. The van der Waals surface area contributed by atoms with Crippen LogP contribution >= 0.6 is 0 Å². The molecule has 0 radical (unpaired) electrons. The largest absolute Gasteiger partial charge is 0.494 e. The first-order valence-electron chi connectivity index (χ1n) is 5.72. The highest BCUT2D eigenvalue weighted by atomic mass is 16.6. The van der Waals surface area contributed by atoms with Crippen LogP contribution in [0.5, 0.6) is 5.75 Å². The van der Waals surface area contributed by atoms with Gasteiger partial charge in [0.1, 0.15) is 17.9 Å². The van der Waals surface area contributed by atoms with Gasteiger partial charge in [-0.3, -0.25) is 9.63 Å². The van der Waals surface area contributed by atoms with Gasteiger partial charge in [-0.25, -0.2) is 5.48 Å². The second-order valence-corrected chi connectivity index (χ2v) is 3.80. The van der Waals surface area contributed by atoms with E-state index >= 15 is 0 Å². The number of nitrogens with one attached hydrogen (secondary N) is 1. The number of carbonyl (C=O) groups is 1. The van der Waals surface area contributed by atoms with E-state index in [1.807, 2.05) is 25.1 Å². The number of fused-ring (bicyclic) bond motifs is 1. The van der Waals surface area contributed by atoms with Crippen molar-refractivity contribution in [3.05, 3.63) is 30.0 Å². The summed E-state index contributed by atoms with van der Waals surface area (Å²) in [5.41, 5.74) is 3.90. The second-order valence-electron chi connectivity index (χ2n) is 3.80. The number of rotatable bonds is 5. The molecule has 0 saturated carbocycles. The number of carbonyl (C=O) groups excluding carboxylic acids is 1. The normalized spacial score (nSPS) is 10.6. The molecule has 1 amide bonds. The van der Waals surface area contributed by atoms with Gasteiger partial charge in [-0.2, -0.15) is 0 Å². The third kappa shape index (κ3) is 2.81. The molecular formula is C13H15NO4. The molecule has 0 atom stereocenters. The third-order valence-electron chi connectivity index (χ3n) is 2.38. The van der Waals surface area contributed by atoms with Crippen molar-refractivity contribution in [1.82, 2.24) is 5.48 Å². The molecule has 0 saturated heterocycles. The molecule has 1 aromatic heterocycles. The summed E-state index contributed by atoms with van der Waals surface area (Å²) in [5.74, 6) is 0.546. The maximum Gasteiger partial charge on any atom is 0.240 e. The van der Waals surface area contributed by atoms with E-state index < -0.39 is 0 Å². The van der Waals surface area contributed by atoms with Crippen molar-refractivity contribution in [2.24, 2.45) is 0 Å². The molecule has 2 rings (SSSR count). The Bertz CT molecular complexity index is 547. The summed E-state index contributed by atoms with van der Waals surface area (Å²) in [6.07, 6.45) is 1.61. The number of benzene rings is 1. The van der Waals surface area contributed by atoms with Crippen LogP contribution in [-0.4, -0.2) is 12.5 Å². The lowest BCUT2D eigenvalue weighted by molar-refractivity contribution is -0.132. The summed E-state index contributed by atoms with van der Waals surface area (Å²) in [5, 5.41) is 0.923. The van der Waals surface area contributed by atoms with Crippen molar-refractivity contribution in [2.45, 2.75) is 20.5 Å². The molecule has 18 heavy (non-hydrogen) atoms. The lowest BCUT2D eigenvalue weighted by Gasteiger charge is -2.04. The Hall–Kier alpha value is -2.01. The van der Waals surface area contributed by atoms with E-state index in [4.69, 9.17) is 14.0 Å². The Labute approximate surface area is 105 Å². The van der Waals surface area contributed by atoms with Gasteiger partial charge in [0, 0.05) is 17.9 Å². The van der Waals surface area contributed by atoms with Gasteiger partial charge in [-0.05, 0) is 25.1 Å². The Morgan fingerprint density at radius 1 is 1.44 bits per heavy atom. The van der Waals surface area contributed by atoms with Crippen molar-refractivity contribution >= 4 is 16.9 Å². The van der Waals surface area contributed by atoms with Crippen LogP contribution in [0.25, 0.3) is 11.0 Å². The summed E-state index contributed by atoms with van der Waals surface area (Å²) in [6.45, 7) is 4.18. The summed E-state index contributed by atoms with van der Waals surface area (Å²) in [4.78, 5) is 15.7. The molecule has 1 aromatic carbocycles. The molecule has 5 heteroatoms. The van der Waals surface area contributed by atoms with Gasteiger partial charge in [0.05, 0.1) is 12.9 Å². The van der Waals surface area contributed by atoms with Gasteiger partial charge >= 0.3 is 0 Å². The highest BCUT2D eigenvalue weighted by Gasteiger charge is 2.07. The number of hydrogen-bond acceptors (Lipinski definition) is 4. The molecule has 0 aliphatic rings. The smallest absolute Gasteiger partial charge is 0.240 e. The molecule has 1 N–H and O–H groups in total. The van der Waals surface area contributed by atoms with Gasteiger partial charge in [0.15, 0.2) is 0 Å². The van der Waals surface area contributed by atoms with E-state index in [0.29, 0.717) is 6.61 Å². The van der Waals surface area contributed by atoms with Crippen LogP contribution in [0.1, 0.15) is 19.4 Å². The molecule has 1 heterocycles. The number of amides is 1. The van der Waals surface area contributed by atoms with Crippen molar-refractivity contribution < 1.29 is 18.8 Å². The number of hydrogen-bond donors (Lipinski definition) is 1. The first-order chi connectivity index (χ1) is 8.70. The average molecular weight is 249 g/mol. The fraction of sp³-hybridized carbons (Fsp3) is 0.308. The van der Waals surface area contributed by atoms with Gasteiger partial charge in [0.25, 0.3) is 0 Å². The van der Waals surface area contributed by atoms with E-state index in [-0.39, 0.29) is 12.5 Å². The summed E-state index contributed by atoms with van der Waals surface area (Å²) in [7, 11) is 0. The van der Waals surface area contributed by atoms with Crippen LogP contribution in [-0.2, 0) is 16.2 Å². The van der Waals surface area contributed by atoms with E-state index in [2.05, 4.69) is 5.48 Å². The SMILES string of the molecule is CCOc1ccc2occ(CONC(C)=O)c2c1. The minimum absolute atomic E-state index is 0.238. The van der Waals surface area contributed by atoms with Crippen LogP contribution in [0.2, 0.25) is 0 Å². The van der Waals surface area contributed by atoms with Crippen molar-refractivity contribution in [3.63, 3.8) is 0 Å². The highest BCUT2D eigenvalue weighted by molar-refractivity contribution is 5.82. The monoisotopic (exact) mass is 249 g/mol. The number of hydroxylamine groups is 1. The molecular weight excluding hydrogens is 234 g/mol. The maximum absolute atomic E-state index is 10.7. The van der Waals surface area contributed by atoms with Crippen LogP contribution < -0.4 is 10.2 Å². The molecule has 0 aliphatic heterocycles.